The first-order chi connectivity index (χ1) is 17.7. The van der Waals surface area contributed by atoms with Crippen LogP contribution in [-0.4, -0.2) is 26.3 Å². The second-order valence-electron chi connectivity index (χ2n) is 8.84. The largest absolute Gasteiger partial charge is 0.478 e. The van der Waals surface area contributed by atoms with Crippen LogP contribution < -0.4 is 0 Å². The summed E-state index contributed by atoms with van der Waals surface area (Å²) in [6, 6.07) is 14.0. The number of carboxylic acids is 1. The molecule has 188 valence electrons. The molecule has 2 N–H and O–H groups in total. The molecule has 0 saturated heterocycles. The lowest BCUT2D eigenvalue weighted by Gasteiger charge is -2.32. The van der Waals surface area contributed by atoms with Crippen LogP contribution in [0.25, 0.3) is 28.1 Å². The summed E-state index contributed by atoms with van der Waals surface area (Å²) in [6.07, 6.45) is 1.32. The topological polar surface area (TPSA) is 78.9 Å². The number of aromatic nitrogens is 3. The average Bonchev–Trinajstić information content (AvgIpc) is 3.23. The molecular weight excluding hydrogens is 486 g/mol. The van der Waals surface area contributed by atoms with Crippen molar-refractivity contribution in [1.29, 1.82) is 0 Å². The average molecular weight is 507 g/mol. The number of aromatic amines is 1. The van der Waals surface area contributed by atoms with Crippen LogP contribution in [0, 0.1) is 11.9 Å². The molecular formula is C28H21F4N3O2. The predicted molar refractivity (Wildman–Crippen MR) is 132 cm³/mol. The van der Waals surface area contributed by atoms with Gasteiger partial charge in [-0.25, -0.2) is 4.79 Å². The molecule has 0 unspecified atom stereocenters. The number of aliphatic carboxylic acids is 1. The molecule has 0 aliphatic heterocycles. The van der Waals surface area contributed by atoms with Crippen molar-refractivity contribution in [2.45, 2.75) is 25.4 Å². The maximum atomic E-state index is 15.0. The van der Waals surface area contributed by atoms with E-state index >= 15 is 0 Å². The highest BCUT2D eigenvalue weighted by Crippen LogP contribution is 2.48. The molecule has 0 spiro atoms. The Hall–Kier alpha value is -4.27. The van der Waals surface area contributed by atoms with Crippen molar-refractivity contribution in [3.8, 4) is 0 Å². The summed E-state index contributed by atoms with van der Waals surface area (Å²) < 4.78 is 57.4. The van der Waals surface area contributed by atoms with Gasteiger partial charge in [0.15, 0.2) is 0 Å². The van der Waals surface area contributed by atoms with E-state index in [0.29, 0.717) is 46.2 Å². The summed E-state index contributed by atoms with van der Waals surface area (Å²) in [7, 11) is 0. The molecule has 0 radical (unpaired) electrons. The number of fused-ring (bicyclic) bond motifs is 1. The molecule has 0 atom stereocenters. The number of rotatable bonds is 6. The molecule has 5 rings (SSSR count). The van der Waals surface area contributed by atoms with Crippen molar-refractivity contribution in [2.24, 2.45) is 5.92 Å². The van der Waals surface area contributed by atoms with Gasteiger partial charge in [-0.1, -0.05) is 42.8 Å². The third-order valence-corrected chi connectivity index (χ3v) is 6.57. The first kappa shape index (κ1) is 24.4. The Morgan fingerprint density at radius 3 is 2.46 bits per heavy atom. The van der Waals surface area contributed by atoms with E-state index in [1.54, 1.807) is 42.5 Å². The molecule has 1 fully saturated rings. The molecule has 1 saturated carbocycles. The van der Waals surface area contributed by atoms with Gasteiger partial charge in [-0.3, -0.25) is 10.1 Å². The number of hydrogen-bond donors (Lipinski definition) is 2. The Labute approximate surface area is 209 Å². The molecule has 2 aromatic heterocycles. The maximum absolute atomic E-state index is 15.0. The quantitative estimate of drug-likeness (QED) is 0.218. The second kappa shape index (κ2) is 9.65. The van der Waals surface area contributed by atoms with Crippen molar-refractivity contribution in [3.05, 3.63) is 101 Å². The van der Waals surface area contributed by atoms with Crippen LogP contribution in [0.5, 0.6) is 0 Å². The third-order valence-electron chi connectivity index (χ3n) is 6.57. The van der Waals surface area contributed by atoms with E-state index < -0.39 is 23.7 Å². The minimum absolute atomic E-state index is 0.175. The highest BCUT2D eigenvalue weighted by atomic mass is 19.4. The summed E-state index contributed by atoms with van der Waals surface area (Å²) in [5.74, 6) is -1.99. The van der Waals surface area contributed by atoms with Crippen LogP contribution in [0.3, 0.4) is 0 Å². The molecule has 2 heterocycles. The van der Waals surface area contributed by atoms with E-state index in [1.807, 2.05) is 0 Å². The van der Waals surface area contributed by atoms with Crippen LogP contribution in [-0.2, 0) is 11.0 Å². The molecule has 1 aliphatic carbocycles. The van der Waals surface area contributed by atoms with E-state index in [0.717, 1.165) is 18.6 Å². The van der Waals surface area contributed by atoms with Gasteiger partial charge in [0, 0.05) is 12.3 Å². The second-order valence-corrected chi connectivity index (χ2v) is 8.84. The van der Waals surface area contributed by atoms with E-state index in [4.69, 9.17) is 5.11 Å². The van der Waals surface area contributed by atoms with E-state index in [2.05, 4.69) is 15.2 Å². The molecule has 1 aliphatic rings. The Bertz CT molecular complexity index is 1530. The number of benzene rings is 2. The monoisotopic (exact) mass is 507 g/mol. The van der Waals surface area contributed by atoms with Gasteiger partial charge in [-0.05, 0) is 70.9 Å². The number of nitrogens with zero attached hydrogens (tertiary/aromatic N) is 2. The van der Waals surface area contributed by atoms with E-state index in [-0.39, 0.29) is 17.0 Å². The SMILES string of the molecule is O=C(O)C=Cc1ccc(C(=C(c2ncccc2C(F)(F)F)C2CCC2)c2cccc3n[nH]c(F)c23)cc1. The smallest absolute Gasteiger partial charge is 0.418 e. The number of allylic oxidation sites excluding steroid dienone is 1. The molecule has 37 heavy (non-hydrogen) atoms. The van der Waals surface area contributed by atoms with Crippen molar-refractivity contribution in [2.75, 3.05) is 0 Å². The van der Waals surface area contributed by atoms with Gasteiger partial charge in [0.2, 0.25) is 5.95 Å². The van der Waals surface area contributed by atoms with E-state index in [9.17, 15) is 22.4 Å². The van der Waals surface area contributed by atoms with Gasteiger partial charge in [0.1, 0.15) is 0 Å². The fraction of sp³-hybridized carbons (Fsp3) is 0.179. The number of pyridine rings is 1. The number of nitrogens with one attached hydrogen (secondary N) is 1. The van der Waals surface area contributed by atoms with Gasteiger partial charge < -0.3 is 5.11 Å². The van der Waals surface area contributed by atoms with Crippen molar-refractivity contribution in [1.82, 2.24) is 15.2 Å². The van der Waals surface area contributed by atoms with E-state index in [1.165, 1.54) is 18.3 Å². The summed E-state index contributed by atoms with van der Waals surface area (Å²) in [5, 5.41) is 15.4. The minimum atomic E-state index is -4.64. The van der Waals surface area contributed by atoms with Gasteiger partial charge in [0.25, 0.3) is 0 Å². The molecule has 5 nitrogen and oxygen atoms in total. The summed E-state index contributed by atoms with van der Waals surface area (Å²) >= 11 is 0. The summed E-state index contributed by atoms with van der Waals surface area (Å²) in [4.78, 5) is 15.1. The number of hydrogen-bond acceptors (Lipinski definition) is 3. The Morgan fingerprint density at radius 2 is 1.81 bits per heavy atom. The van der Waals surface area contributed by atoms with Crippen molar-refractivity contribution >= 4 is 34.1 Å². The molecule has 4 aromatic rings. The highest BCUT2D eigenvalue weighted by molar-refractivity contribution is 6.06. The first-order valence-electron chi connectivity index (χ1n) is 11.6. The van der Waals surface area contributed by atoms with Crippen molar-refractivity contribution in [3.63, 3.8) is 0 Å². The Morgan fingerprint density at radius 1 is 1.05 bits per heavy atom. The minimum Gasteiger partial charge on any atom is -0.478 e. The summed E-state index contributed by atoms with van der Waals surface area (Å²) in [6.45, 7) is 0. The van der Waals surface area contributed by atoms with Gasteiger partial charge in [-0.15, -0.1) is 0 Å². The lowest BCUT2D eigenvalue weighted by molar-refractivity contribution is -0.138. The van der Waals surface area contributed by atoms with Gasteiger partial charge in [-0.2, -0.15) is 22.7 Å². The highest BCUT2D eigenvalue weighted by Gasteiger charge is 2.38. The summed E-state index contributed by atoms with van der Waals surface area (Å²) in [5.41, 5.74) is 1.71. The van der Waals surface area contributed by atoms with Crippen LogP contribution >= 0.6 is 0 Å². The lowest BCUT2D eigenvalue weighted by atomic mass is 9.73. The third kappa shape index (κ3) is 4.76. The number of carbonyl (C=O) groups is 1. The lowest BCUT2D eigenvalue weighted by Crippen LogP contribution is -2.19. The first-order valence-corrected chi connectivity index (χ1v) is 11.6. The predicted octanol–water partition coefficient (Wildman–Crippen LogP) is 6.97. The zero-order valence-electron chi connectivity index (χ0n) is 19.4. The van der Waals surface area contributed by atoms with Crippen LogP contribution in [0.4, 0.5) is 17.6 Å². The van der Waals surface area contributed by atoms with Crippen molar-refractivity contribution < 1.29 is 27.5 Å². The maximum Gasteiger partial charge on any atom is 0.418 e. The fourth-order valence-electron chi connectivity index (χ4n) is 4.68. The van der Waals surface area contributed by atoms with Crippen LogP contribution in [0.15, 0.2) is 66.9 Å². The normalized spacial score (nSPS) is 15.1. The number of H-pyrrole nitrogens is 1. The molecule has 0 amide bonds. The number of alkyl halides is 3. The Balaban J connectivity index is 1.85. The van der Waals surface area contributed by atoms with Crippen LogP contribution in [0.1, 0.15) is 47.2 Å². The molecule has 2 aromatic carbocycles. The van der Waals surface area contributed by atoms with Gasteiger partial charge >= 0.3 is 12.1 Å². The number of halogens is 4. The van der Waals surface area contributed by atoms with Gasteiger partial charge in [0.05, 0.1) is 22.2 Å². The molecule has 0 bridgehead atoms. The fourth-order valence-corrected chi connectivity index (χ4v) is 4.68. The zero-order chi connectivity index (χ0) is 26.2. The zero-order valence-corrected chi connectivity index (χ0v) is 19.4. The molecule has 9 heteroatoms. The van der Waals surface area contributed by atoms with Crippen LogP contribution in [0.2, 0.25) is 0 Å². The number of carboxylic acid groups (broad SMARTS) is 1. The Kier molecular flexibility index (Phi) is 6.37. The standard InChI is InChI=1S/C28H21F4N3O2/c29-27-25-19(6-2-8-21(25)34-35-27)23(18-12-9-16(10-13-18)11-14-22(36)37)24(17-4-1-5-17)26-20(28(30,31)32)7-3-15-33-26/h2-3,6-15,17H,1,4-5H2,(H,34,35)(H,36,37).